The third kappa shape index (κ3) is 5.28. The minimum Gasteiger partial charge on any atom is -0.355 e. The summed E-state index contributed by atoms with van der Waals surface area (Å²) < 4.78 is 41.2. The normalized spacial score (nSPS) is 16.3. The van der Waals surface area contributed by atoms with Crippen LogP contribution in [0.2, 0.25) is 10.0 Å². The predicted molar refractivity (Wildman–Crippen MR) is 111 cm³/mol. The second-order valence-corrected chi connectivity index (χ2v) is 7.45. The molecular formula is C19H19Cl3F3N3O. The molecular weight excluding hydrogens is 450 g/mol. The van der Waals surface area contributed by atoms with Gasteiger partial charge in [-0.2, -0.15) is 0 Å². The zero-order valence-electron chi connectivity index (χ0n) is 15.4. The second-order valence-electron chi connectivity index (χ2n) is 6.58. The van der Waals surface area contributed by atoms with Crippen molar-refractivity contribution < 1.29 is 18.0 Å². The van der Waals surface area contributed by atoms with Gasteiger partial charge in [0.25, 0.3) is 0 Å². The second kappa shape index (κ2) is 9.89. The van der Waals surface area contributed by atoms with E-state index in [0.717, 1.165) is 17.7 Å². The molecule has 1 atom stereocenters. The predicted octanol–water partition coefficient (Wildman–Crippen LogP) is 4.27. The third-order valence-electron chi connectivity index (χ3n) is 4.57. The van der Waals surface area contributed by atoms with Crippen molar-refractivity contribution in [1.29, 1.82) is 0 Å². The Morgan fingerprint density at radius 1 is 1.17 bits per heavy atom. The lowest BCUT2D eigenvalue weighted by Crippen LogP contribution is -2.58. The van der Waals surface area contributed by atoms with E-state index in [9.17, 15) is 18.0 Å². The molecule has 1 heterocycles. The maximum absolute atomic E-state index is 14.3. The Morgan fingerprint density at radius 2 is 1.83 bits per heavy atom. The Balaban J connectivity index is 0.00000300. The highest BCUT2D eigenvalue weighted by Crippen LogP contribution is 2.27. The molecule has 0 aromatic heterocycles. The first-order valence-corrected chi connectivity index (χ1v) is 9.34. The molecule has 10 heteroatoms. The molecule has 1 saturated heterocycles. The number of carbonyl (C=O) groups is 1. The van der Waals surface area contributed by atoms with Crippen molar-refractivity contribution in [1.82, 2.24) is 10.2 Å². The summed E-state index contributed by atoms with van der Waals surface area (Å²) in [6.45, 7) is 1.24. The van der Waals surface area contributed by atoms with E-state index in [0.29, 0.717) is 16.6 Å². The van der Waals surface area contributed by atoms with E-state index in [2.05, 4.69) is 5.32 Å². The maximum Gasteiger partial charge on any atom is 0.246 e. The van der Waals surface area contributed by atoms with Crippen molar-refractivity contribution in [2.45, 2.75) is 12.6 Å². The molecule has 158 valence electrons. The summed E-state index contributed by atoms with van der Waals surface area (Å²) in [5.74, 6) is -4.42. The number of likely N-dealkylation sites (N-methyl/N-ethyl adjacent to an activating group) is 1. The lowest BCUT2D eigenvalue weighted by atomic mass is 10.1. The Hall–Kier alpha value is -1.67. The summed E-state index contributed by atoms with van der Waals surface area (Å²) >= 11 is 12.0. The van der Waals surface area contributed by atoms with Crippen LogP contribution < -0.4 is 10.2 Å². The van der Waals surface area contributed by atoms with Crippen LogP contribution >= 0.6 is 35.6 Å². The smallest absolute Gasteiger partial charge is 0.246 e. The summed E-state index contributed by atoms with van der Waals surface area (Å²) in [5.41, 5.74) is 0.598. The number of piperazine rings is 1. The number of carbonyl (C=O) groups excluding carboxylic acids is 1. The zero-order valence-corrected chi connectivity index (χ0v) is 17.7. The molecule has 1 aliphatic rings. The molecule has 1 N–H and O–H groups in total. The van der Waals surface area contributed by atoms with Crippen molar-refractivity contribution >= 4 is 47.2 Å². The molecule has 0 bridgehead atoms. The fourth-order valence-electron chi connectivity index (χ4n) is 3.26. The number of rotatable bonds is 4. The van der Waals surface area contributed by atoms with E-state index in [1.165, 1.54) is 9.80 Å². The van der Waals surface area contributed by atoms with E-state index in [1.807, 2.05) is 0 Å². The number of hydrogen-bond acceptors (Lipinski definition) is 3. The van der Waals surface area contributed by atoms with Crippen LogP contribution in [-0.2, 0) is 11.3 Å². The van der Waals surface area contributed by atoms with Crippen LogP contribution in [0.3, 0.4) is 0 Å². The van der Waals surface area contributed by atoms with Gasteiger partial charge in [-0.3, -0.25) is 4.79 Å². The fraction of sp³-hybridized carbons (Fsp3) is 0.316. The minimum absolute atomic E-state index is 0. The first-order valence-electron chi connectivity index (χ1n) is 8.58. The van der Waals surface area contributed by atoms with Gasteiger partial charge in [-0.1, -0.05) is 23.2 Å². The monoisotopic (exact) mass is 467 g/mol. The van der Waals surface area contributed by atoms with Crippen LogP contribution in [0.4, 0.5) is 18.9 Å². The van der Waals surface area contributed by atoms with Gasteiger partial charge in [0.15, 0.2) is 17.5 Å². The van der Waals surface area contributed by atoms with Crippen molar-refractivity contribution in [3.63, 3.8) is 0 Å². The third-order valence-corrected chi connectivity index (χ3v) is 5.01. The van der Waals surface area contributed by atoms with Crippen LogP contribution in [0.5, 0.6) is 0 Å². The quantitative estimate of drug-likeness (QED) is 0.681. The van der Waals surface area contributed by atoms with Gasteiger partial charge in [-0.25, -0.2) is 13.2 Å². The molecule has 3 rings (SSSR count). The van der Waals surface area contributed by atoms with Crippen molar-refractivity contribution in [3.05, 3.63) is 63.4 Å². The van der Waals surface area contributed by atoms with Crippen molar-refractivity contribution in [3.8, 4) is 0 Å². The Morgan fingerprint density at radius 3 is 2.48 bits per heavy atom. The Kier molecular flexibility index (Phi) is 8.05. The molecule has 1 aliphatic heterocycles. The molecule has 1 fully saturated rings. The van der Waals surface area contributed by atoms with Gasteiger partial charge in [0.05, 0.1) is 5.69 Å². The number of amides is 1. The van der Waals surface area contributed by atoms with Crippen LogP contribution in [0.1, 0.15) is 5.56 Å². The Bertz CT molecular complexity index is 880. The molecule has 1 amide bonds. The minimum atomic E-state index is -1.55. The molecule has 2 aromatic carbocycles. The number of hydrogen-bond donors (Lipinski definition) is 1. The topological polar surface area (TPSA) is 35.6 Å². The lowest BCUT2D eigenvalue weighted by Gasteiger charge is -2.38. The summed E-state index contributed by atoms with van der Waals surface area (Å²) in [5, 5.41) is 3.98. The van der Waals surface area contributed by atoms with Gasteiger partial charge in [0.2, 0.25) is 5.91 Å². The number of nitrogens with zero attached hydrogens (tertiary/aromatic N) is 2. The first kappa shape index (κ1) is 23.6. The maximum atomic E-state index is 14.3. The highest BCUT2D eigenvalue weighted by atomic mass is 35.5. The van der Waals surface area contributed by atoms with Gasteiger partial charge in [0, 0.05) is 43.3 Å². The number of halogens is 6. The summed E-state index contributed by atoms with van der Waals surface area (Å²) in [6, 6.07) is 6.22. The highest BCUT2D eigenvalue weighted by Gasteiger charge is 2.33. The molecule has 0 aliphatic carbocycles. The van der Waals surface area contributed by atoms with Gasteiger partial charge >= 0.3 is 0 Å². The molecule has 0 saturated carbocycles. The zero-order chi connectivity index (χ0) is 20.4. The highest BCUT2D eigenvalue weighted by molar-refractivity contribution is 6.34. The first-order chi connectivity index (χ1) is 13.3. The van der Waals surface area contributed by atoms with E-state index < -0.39 is 23.5 Å². The van der Waals surface area contributed by atoms with E-state index >= 15 is 0 Å². The van der Waals surface area contributed by atoms with Crippen molar-refractivity contribution in [2.75, 3.05) is 31.6 Å². The fourth-order valence-corrected chi connectivity index (χ4v) is 3.83. The summed E-state index contributed by atoms with van der Waals surface area (Å²) in [4.78, 5) is 15.9. The number of anilines is 1. The average Bonchev–Trinajstić information content (AvgIpc) is 2.65. The molecule has 29 heavy (non-hydrogen) atoms. The Labute approximate surface area is 183 Å². The number of nitrogens with one attached hydrogen (secondary N) is 1. The van der Waals surface area contributed by atoms with Gasteiger partial charge in [-0.05, 0) is 35.9 Å². The van der Waals surface area contributed by atoms with Crippen LogP contribution in [0.15, 0.2) is 30.3 Å². The molecule has 2 aromatic rings. The largest absolute Gasteiger partial charge is 0.355 e. The van der Waals surface area contributed by atoms with Crippen LogP contribution in [0, 0.1) is 17.5 Å². The molecule has 0 radical (unpaired) electrons. The molecule has 4 nitrogen and oxygen atoms in total. The summed E-state index contributed by atoms with van der Waals surface area (Å²) in [6.07, 6.45) is 0. The van der Waals surface area contributed by atoms with E-state index in [1.54, 1.807) is 25.2 Å². The molecule has 1 unspecified atom stereocenters. The lowest BCUT2D eigenvalue weighted by molar-refractivity contribution is -0.132. The standard InChI is InChI=1S/C19H18Cl2F3N3O.ClH/c1-26(10-11-6-12(20)8-13(21)7-11)19(28)16-9-25-4-5-27(16)15-3-2-14(22)17(23)18(15)24;/h2-3,6-8,16,25H,4-5,9-10H2,1H3;1H. The van der Waals surface area contributed by atoms with Gasteiger partial charge < -0.3 is 15.1 Å². The van der Waals surface area contributed by atoms with E-state index in [-0.39, 0.29) is 43.6 Å². The van der Waals surface area contributed by atoms with Gasteiger partial charge in [0.1, 0.15) is 6.04 Å². The van der Waals surface area contributed by atoms with Crippen LogP contribution in [0.25, 0.3) is 0 Å². The summed E-state index contributed by atoms with van der Waals surface area (Å²) in [7, 11) is 1.60. The van der Waals surface area contributed by atoms with Gasteiger partial charge in [-0.15, -0.1) is 12.4 Å². The average molecular weight is 469 g/mol. The van der Waals surface area contributed by atoms with E-state index in [4.69, 9.17) is 23.2 Å². The molecule has 0 spiro atoms. The van der Waals surface area contributed by atoms with Crippen LogP contribution in [-0.4, -0.2) is 43.5 Å². The van der Waals surface area contributed by atoms with Crippen molar-refractivity contribution in [2.24, 2.45) is 0 Å². The number of benzene rings is 2. The SMILES string of the molecule is CN(Cc1cc(Cl)cc(Cl)c1)C(=O)C1CNCCN1c1ccc(F)c(F)c1F.Cl.